The Hall–Kier alpha value is -2.09. The second-order valence-corrected chi connectivity index (χ2v) is 5.65. The van der Waals surface area contributed by atoms with Crippen LogP contribution in [0.5, 0.6) is 0 Å². The minimum atomic E-state index is 0.0968. The van der Waals surface area contributed by atoms with E-state index >= 15 is 0 Å². The monoisotopic (exact) mass is 281 g/mol. The Morgan fingerprint density at radius 1 is 0.952 bits per heavy atom. The summed E-state index contributed by atoms with van der Waals surface area (Å²) in [6.07, 6.45) is 2.38. The van der Waals surface area contributed by atoms with Crippen LogP contribution in [-0.2, 0) is 11.2 Å². The fourth-order valence-electron chi connectivity index (χ4n) is 2.42. The van der Waals surface area contributed by atoms with E-state index in [-0.39, 0.29) is 5.91 Å². The number of anilines is 1. The number of hydrogen-bond donors (Lipinski definition) is 1. The summed E-state index contributed by atoms with van der Waals surface area (Å²) >= 11 is 0. The molecule has 2 rings (SSSR count). The van der Waals surface area contributed by atoms with Crippen molar-refractivity contribution >= 4 is 11.6 Å². The predicted octanol–water partition coefficient (Wildman–Crippen LogP) is 4.57. The van der Waals surface area contributed by atoms with Crippen LogP contribution in [-0.4, -0.2) is 5.91 Å². The molecule has 21 heavy (non-hydrogen) atoms. The first-order valence-corrected chi connectivity index (χ1v) is 7.48. The number of carbonyl (C=O) groups excluding carboxylic acids is 1. The van der Waals surface area contributed by atoms with Crippen molar-refractivity contribution in [1.82, 2.24) is 0 Å². The zero-order valence-electron chi connectivity index (χ0n) is 13.1. The van der Waals surface area contributed by atoms with Crippen LogP contribution in [0.2, 0.25) is 0 Å². The summed E-state index contributed by atoms with van der Waals surface area (Å²) in [5.41, 5.74) is 5.74. The minimum absolute atomic E-state index is 0.0968. The summed E-state index contributed by atoms with van der Waals surface area (Å²) in [6, 6.07) is 14.6. The largest absolute Gasteiger partial charge is 0.326 e. The van der Waals surface area contributed by atoms with Crippen molar-refractivity contribution in [2.45, 2.75) is 40.0 Å². The third-order valence-corrected chi connectivity index (χ3v) is 3.74. The molecule has 2 nitrogen and oxygen atoms in total. The standard InChI is InChI=1S/C19H23NO/c1-14-10-12-17(13-11-14)8-5-9-18(21)20-19-15(2)6-4-7-16(19)3/h4,6-7,10-13H,5,8-9H2,1-3H3,(H,20,21). The van der Waals surface area contributed by atoms with Gasteiger partial charge in [0.2, 0.25) is 5.91 Å². The fraction of sp³-hybridized carbons (Fsp3) is 0.316. The molecule has 0 spiro atoms. The molecule has 0 atom stereocenters. The maximum Gasteiger partial charge on any atom is 0.224 e. The number of nitrogens with one attached hydrogen (secondary N) is 1. The van der Waals surface area contributed by atoms with Crippen LogP contribution < -0.4 is 5.32 Å². The van der Waals surface area contributed by atoms with E-state index in [4.69, 9.17) is 0 Å². The molecule has 110 valence electrons. The molecule has 0 aromatic heterocycles. The van der Waals surface area contributed by atoms with Crippen LogP contribution in [0.15, 0.2) is 42.5 Å². The van der Waals surface area contributed by atoms with Crippen molar-refractivity contribution in [2.75, 3.05) is 5.32 Å². The van der Waals surface area contributed by atoms with E-state index in [1.165, 1.54) is 11.1 Å². The van der Waals surface area contributed by atoms with Crippen LogP contribution in [0.3, 0.4) is 0 Å². The van der Waals surface area contributed by atoms with Gasteiger partial charge in [-0.15, -0.1) is 0 Å². The number of benzene rings is 2. The molecule has 0 saturated carbocycles. The molecule has 2 heteroatoms. The van der Waals surface area contributed by atoms with E-state index in [1.54, 1.807) is 0 Å². The van der Waals surface area contributed by atoms with Gasteiger partial charge in [-0.1, -0.05) is 48.0 Å². The molecule has 0 radical (unpaired) electrons. The lowest BCUT2D eigenvalue weighted by atomic mass is 10.1. The highest BCUT2D eigenvalue weighted by Gasteiger charge is 2.07. The lowest BCUT2D eigenvalue weighted by molar-refractivity contribution is -0.116. The number of carbonyl (C=O) groups is 1. The summed E-state index contributed by atoms with van der Waals surface area (Å²) in [5, 5.41) is 3.03. The lowest BCUT2D eigenvalue weighted by Crippen LogP contribution is -2.13. The van der Waals surface area contributed by atoms with E-state index in [0.29, 0.717) is 6.42 Å². The van der Waals surface area contributed by atoms with Crippen molar-refractivity contribution in [3.05, 3.63) is 64.7 Å². The summed E-state index contributed by atoms with van der Waals surface area (Å²) in [4.78, 5) is 12.1. The molecule has 2 aromatic carbocycles. The van der Waals surface area contributed by atoms with Gasteiger partial charge in [0.25, 0.3) is 0 Å². The summed E-state index contributed by atoms with van der Waals surface area (Å²) in [5.74, 6) is 0.0968. The van der Waals surface area contributed by atoms with E-state index in [0.717, 1.165) is 29.7 Å². The molecule has 0 aliphatic rings. The Bertz CT molecular complexity index is 594. The summed E-state index contributed by atoms with van der Waals surface area (Å²) in [7, 11) is 0. The average Bonchev–Trinajstić information content (AvgIpc) is 2.45. The van der Waals surface area contributed by atoms with Gasteiger partial charge >= 0.3 is 0 Å². The van der Waals surface area contributed by atoms with Crippen LogP contribution >= 0.6 is 0 Å². The van der Waals surface area contributed by atoms with Crippen molar-refractivity contribution in [1.29, 1.82) is 0 Å². The Balaban J connectivity index is 1.84. The Labute approximate surface area is 127 Å². The quantitative estimate of drug-likeness (QED) is 0.854. The predicted molar refractivity (Wildman–Crippen MR) is 88.7 cm³/mol. The zero-order valence-corrected chi connectivity index (χ0v) is 13.1. The molecular weight excluding hydrogens is 258 g/mol. The molecule has 0 aliphatic carbocycles. The van der Waals surface area contributed by atoms with Gasteiger partial charge in [0, 0.05) is 12.1 Å². The highest BCUT2D eigenvalue weighted by atomic mass is 16.1. The van der Waals surface area contributed by atoms with Crippen molar-refractivity contribution in [3.8, 4) is 0 Å². The first-order chi connectivity index (χ1) is 10.1. The van der Waals surface area contributed by atoms with Gasteiger partial charge in [-0.05, 0) is 50.3 Å². The van der Waals surface area contributed by atoms with Crippen LogP contribution in [0, 0.1) is 20.8 Å². The van der Waals surface area contributed by atoms with E-state index in [9.17, 15) is 4.79 Å². The maximum absolute atomic E-state index is 12.1. The smallest absolute Gasteiger partial charge is 0.224 e. The minimum Gasteiger partial charge on any atom is -0.326 e. The van der Waals surface area contributed by atoms with Crippen LogP contribution in [0.1, 0.15) is 35.1 Å². The molecule has 2 aromatic rings. The summed E-state index contributed by atoms with van der Waals surface area (Å²) in [6.45, 7) is 6.13. The van der Waals surface area contributed by atoms with Gasteiger partial charge in [-0.3, -0.25) is 4.79 Å². The lowest BCUT2D eigenvalue weighted by Gasteiger charge is -2.11. The molecule has 0 bridgehead atoms. The van der Waals surface area contributed by atoms with Crippen molar-refractivity contribution < 1.29 is 4.79 Å². The van der Waals surface area contributed by atoms with Gasteiger partial charge in [0.15, 0.2) is 0 Å². The number of amides is 1. The summed E-state index contributed by atoms with van der Waals surface area (Å²) < 4.78 is 0. The van der Waals surface area contributed by atoms with E-state index < -0.39 is 0 Å². The van der Waals surface area contributed by atoms with Gasteiger partial charge in [0.1, 0.15) is 0 Å². The molecule has 0 fully saturated rings. The van der Waals surface area contributed by atoms with Gasteiger partial charge in [-0.2, -0.15) is 0 Å². The fourth-order valence-corrected chi connectivity index (χ4v) is 2.42. The van der Waals surface area contributed by atoms with Crippen LogP contribution in [0.25, 0.3) is 0 Å². The van der Waals surface area contributed by atoms with Gasteiger partial charge in [-0.25, -0.2) is 0 Å². The Morgan fingerprint density at radius 3 is 2.19 bits per heavy atom. The Kier molecular flexibility index (Phi) is 5.15. The van der Waals surface area contributed by atoms with E-state index in [2.05, 4.69) is 36.5 Å². The highest BCUT2D eigenvalue weighted by Crippen LogP contribution is 2.19. The molecule has 1 amide bonds. The number of aryl methyl sites for hydroxylation is 4. The molecule has 0 aliphatic heterocycles. The van der Waals surface area contributed by atoms with Crippen molar-refractivity contribution in [2.24, 2.45) is 0 Å². The molecule has 1 N–H and O–H groups in total. The van der Waals surface area contributed by atoms with Gasteiger partial charge in [0.05, 0.1) is 0 Å². The number of para-hydroxylation sites is 1. The second-order valence-electron chi connectivity index (χ2n) is 5.65. The third kappa shape index (κ3) is 4.45. The molecule has 0 unspecified atom stereocenters. The Morgan fingerprint density at radius 2 is 1.57 bits per heavy atom. The van der Waals surface area contributed by atoms with Crippen LogP contribution in [0.4, 0.5) is 5.69 Å². The van der Waals surface area contributed by atoms with Crippen molar-refractivity contribution in [3.63, 3.8) is 0 Å². The first kappa shape index (κ1) is 15.3. The normalized spacial score (nSPS) is 10.4. The molecular formula is C19H23NO. The average molecular weight is 281 g/mol. The highest BCUT2D eigenvalue weighted by molar-refractivity contribution is 5.92. The number of hydrogen-bond acceptors (Lipinski definition) is 1. The topological polar surface area (TPSA) is 29.1 Å². The number of rotatable bonds is 5. The zero-order chi connectivity index (χ0) is 15.2. The molecule has 0 heterocycles. The molecule has 0 saturated heterocycles. The second kappa shape index (κ2) is 7.07. The van der Waals surface area contributed by atoms with Gasteiger partial charge < -0.3 is 5.32 Å². The first-order valence-electron chi connectivity index (χ1n) is 7.48. The SMILES string of the molecule is Cc1ccc(CCCC(=O)Nc2c(C)cccc2C)cc1. The third-order valence-electron chi connectivity index (χ3n) is 3.74. The maximum atomic E-state index is 12.1. The van der Waals surface area contributed by atoms with E-state index in [1.807, 2.05) is 32.0 Å².